The summed E-state index contributed by atoms with van der Waals surface area (Å²) in [6, 6.07) is 3.39. The van der Waals surface area contributed by atoms with Gasteiger partial charge in [0, 0.05) is 18.8 Å². The second-order valence-corrected chi connectivity index (χ2v) is 3.90. The summed E-state index contributed by atoms with van der Waals surface area (Å²) in [5.74, 6) is -1.09. The Bertz CT molecular complexity index is 502. The van der Waals surface area contributed by atoms with Crippen LogP contribution in [0.4, 0.5) is 14.5 Å². The van der Waals surface area contributed by atoms with E-state index in [1.807, 2.05) is 0 Å². The predicted molar refractivity (Wildman–Crippen MR) is 61.6 cm³/mol. The number of nitrogens with zero attached hydrogens (tertiary/aromatic N) is 2. The largest absolute Gasteiger partial charge is 0.376 e. The standard InChI is InChI=1S/C12H13F2N3/c1-8(16-9-6-15-17(2)7-9)12-10(13)4-3-5-11(12)14/h3-8,16H,1-2H3. The number of benzene rings is 1. The molecular weight excluding hydrogens is 224 g/mol. The van der Waals surface area contributed by atoms with E-state index in [1.165, 1.54) is 18.2 Å². The first-order chi connectivity index (χ1) is 8.08. The topological polar surface area (TPSA) is 29.9 Å². The number of nitrogens with one attached hydrogen (secondary N) is 1. The molecule has 5 heteroatoms. The van der Waals surface area contributed by atoms with Gasteiger partial charge < -0.3 is 5.32 Å². The van der Waals surface area contributed by atoms with E-state index in [4.69, 9.17) is 0 Å². The van der Waals surface area contributed by atoms with E-state index in [0.717, 1.165) is 5.69 Å². The van der Waals surface area contributed by atoms with Crippen molar-refractivity contribution >= 4 is 5.69 Å². The molecule has 90 valence electrons. The van der Waals surface area contributed by atoms with Crippen molar-refractivity contribution in [3.63, 3.8) is 0 Å². The third-order valence-corrected chi connectivity index (χ3v) is 2.52. The van der Waals surface area contributed by atoms with Crippen molar-refractivity contribution in [3.8, 4) is 0 Å². The maximum absolute atomic E-state index is 13.5. The van der Waals surface area contributed by atoms with E-state index in [9.17, 15) is 8.78 Å². The molecule has 0 amide bonds. The third-order valence-electron chi connectivity index (χ3n) is 2.52. The van der Waals surface area contributed by atoms with Gasteiger partial charge in [0.05, 0.1) is 17.9 Å². The minimum Gasteiger partial charge on any atom is -0.376 e. The highest BCUT2D eigenvalue weighted by Gasteiger charge is 2.15. The van der Waals surface area contributed by atoms with Crippen LogP contribution in [0.1, 0.15) is 18.5 Å². The molecule has 2 aromatic rings. The van der Waals surface area contributed by atoms with E-state index in [1.54, 1.807) is 31.0 Å². The Hall–Kier alpha value is -1.91. The SMILES string of the molecule is CC(Nc1cnn(C)c1)c1c(F)cccc1F. The van der Waals surface area contributed by atoms with E-state index >= 15 is 0 Å². The molecule has 0 aliphatic heterocycles. The van der Waals surface area contributed by atoms with Crippen LogP contribution in [-0.4, -0.2) is 9.78 Å². The average molecular weight is 237 g/mol. The Morgan fingerprint density at radius 2 is 1.94 bits per heavy atom. The van der Waals surface area contributed by atoms with Gasteiger partial charge in [0.25, 0.3) is 0 Å². The van der Waals surface area contributed by atoms with Gasteiger partial charge in [-0.15, -0.1) is 0 Å². The zero-order chi connectivity index (χ0) is 12.4. The molecule has 3 nitrogen and oxygen atoms in total. The number of aryl methyl sites for hydroxylation is 1. The highest BCUT2D eigenvalue weighted by molar-refractivity contribution is 5.41. The van der Waals surface area contributed by atoms with Gasteiger partial charge in [-0.05, 0) is 19.1 Å². The van der Waals surface area contributed by atoms with Crippen LogP contribution in [0.2, 0.25) is 0 Å². The second-order valence-electron chi connectivity index (χ2n) is 3.90. The van der Waals surface area contributed by atoms with Gasteiger partial charge in [-0.2, -0.15) is 5.10 Å². The monoisotopic (exact) mass is 237 g/mol. The maximum atomic E-state index is 13.5. The number of anilines is 1. The first-order valence-electron chi connectivity index (χ1n) is 5.27. The Balaban J connectivity index is 2.22. The van der Waals surface area contributed by atoms with Crippen molar-refractivity contribution < 1.29 is 8.78 Å². The molecule has 0 saturated heterocycles. The molecule has 1 unspecified atom stereocenters. The van der Waals surface area contributed by atoms with Gasteiger partial charge >= 0.3 is 0 Å². The van der Waals surface area contributed by atoms with Crippen LogP contribution < -0.4 is 5.32 Å². The van der Waals surface area contributed by atoms with Crippen molar-refractivity contribution in [2.45, 2.75) is 13.0 Å². The minimum atomic E-state index is -0.547. The molecule has 1 aromatic carbocycles. The molecule has 0 aliphatic rings. The average Bonchev–Trinajstić information content (AvgIpc) is 2.63. The van der Waals surface area contributed by atoms with Crippen molar-refractivity contribution in [3.05, 3.63) is 47.8 Å². The maximum Gasteiger partial charge on any atom is 0.131 e. The number of hydrogen-bond donors (Lipinski definition) is 1. The lowest BCUT2D eigenvalue weighted by atomic mass is 10.1. The van der Waals surface area contributed by atoms with Crippen LogP contribution in [0, 0.1) is 11.6 Å². The first-order valence-corrected chi connectivity index (χ1v) is 5.27. The lowest BCUT2D eigenvalue weighted by molar-refractivity contribution is 0.544. The normalized spacial score (nSPS) is 12.5. The number of aromatic nitrogens is 2. The van der Waals surface area contributed by atoms with Crippen molar-refractivity contribution in [2.24, 2.45) is 7.05 Å². The van der Waals surface area contributed by atoms with Crippen molar-refractivity contribution in [1.29, 1.82) is 0 Å². The molecule has 1 N–H and O–H groups in total. The highest BCUT2D eigenvalue weighted by atomic mass is 19.1. The Labute approximate surface area is 98.1 Å². The molecule has 2 rings (SSSR count). The summed E-state index contributed by atoms with van der Waals surface area (Å²) in [5.41, 5.74) is 0.763. The lowest BCUT2D eigenvalue weighted by Crippen LogP contribution is -2.10. The second kappa shape index (κ2) is 4.53. The molecule has 0 saturated carbocycles. The number of halogens is 2. The Kier molecular flexibility index (Phi) is 3.08. The fraction of sp³-hybridized carbons (Fsp3) is 0.250. The summed E-state index contributed by atoms with van der Waals surface area (Å²) in [7, 11) is 1.78. The molecular formula is C12H13F2N3. The number of hydrogen-bond acceptors (Lipinski definition) is 2. The summed E-state index contributed by atoms with van der Waals surface area (Å²) in [5, 5.41) is 6.97. The van der Waals surface area contributed by atoms with Crippen LogP contribution >= 0.6 is 0 Å². The van der Waals surface area contributed by atoms with Crippen molar-refractivity contribution in [1.82, 2.24) is 9.78 Å². The minimum absolute atomic E-state index is 0.0383. The Morgan fingerprint density at radius 3 is 2.47 bits per heavy atom. The van der Waals surface area contributed by atoms with E-state index in [0.29, 0.717) is 0 Å². The van der Waals surface area contributed by atoms with Crippen LogP contribution in [0.3, 0.4) is 0 Å². The fourth-order valence-corrected chi connectivity index (χ4v) is 1.74. The van der Waals surface area contributed by atoms with Gasteiger partial charge in [-0.1, -0.05) is 6.07 Å². The summed E-state index contributed by atoms with van der Waals surface area (Å²) in [6.07, 6.45) is 3.35. The zero-order valence-corrected chi connectivity index (χ0v) is 9.61. The quantitative estimate of drug-likeness (QED) is 0.889. The van der Waals surface area contributed by atoms with Gasteiger partial charge in [-0.25, -0.2) is 8.78 Å². The lowest BCUT2D eigenvalue weighted by Gasteiger charge is -2.15. The molecule has 17 heavy (non-hydrogen) atoms. The van der Waals surface area contributed by atoms with Gasteiger partial charge in [0.2, 0.25) is 0 Å². The van der Waals surface area contributed by atoms with E-state index < -0.39 is 17.7 Å². The summed E-state index contributed by atoms with van der Waals surface area (Å²) in [4.78, 5) is 0. The smallest absolute Gasteiger partial charge is 0.131 e. The van der Waals surface area contributed by atoms with E-state index in [-0.39, 0.29) is 5.56 Å². The third kappa shape index (κ3) is 2.43. The fourth-order valence-electron chi connectivity index (χ4n) is 1.74. The molecule has 1 aromatic heterocycles. The molecule has 0 bridgehead atoms. The summed E-state index contributed by atoms with van der Waals surface area (Å²) < 4.78 is 28.6. The molecule has 0 aliphatic carbocycles. The first kappa shape index (κ1) is 11.6. The van der Waals surface area contributed by atoms with Gasteiger partial charge in [0.1, 0.15) is 11.6 Å². The van der Waals surface area contributed by atoms with Crippen LogP contribution in [0.25, 0.3) is 0 Å². The molecule has 0 spiro atoms. The van der Waals surface area contributed by atoms with Crippen LogP contribution in [0.5, 0.6) is 0 Å². The van der Waals surface area contributed by atoms with Crippen LogP contribution in [0.15, 0.2) is 30.6 Å². The van der Waals surface area contributed by atoms with E-state index in [2.05, 4.69) is 10.4 Å². The molecule has 0 radical (unpaired) electrons. The van der Waals surface area contributed by atoms with Gasteiger partial charge in [0.15, 0.2) is 0 Å². The summed E-state index contributed by atoms with van der Waals surface area (Å²) >= 11 is 0. The molecule has 1 atom stereocenters. The summed E-state index contributed by atoms with van der Waals surface area (Å²) in [6.45, 7) is 1.70. The Morgan fingerprint density at radius 1 is 1.29 bits per heavy atom. The van der Waals surface area contributed by atoms with Gasteiger partial charge in [-0.3, -0.25) is 4.68 Å². The molecule has 0 fully saturated rings. The van der Waals surface area contributed by atoms with Crippen LogP contribution in [-0.2, 0) is 7.05 Å². The highest BCUT2D eigenvalue weighted by Crippen LogP contribution is 2.23. The molecule has 1 heterocycles. The zero-order valence-electron chi connectivity index (χ0n) is 9.61. The van der Waals surface area contributed by atoms with Crippen molar-refractivity contribution in [2.75, 3.05) is 5.32 Å². The number of rotatable bonds is 3. The predicted octanol–water partition coefficient (Wildman–Crippen LogP) is 2.87.